The van der Waals surface area contributed by atoms with E-state index in [1.54, 1.807) is 0 Å². The van der Waals surface area contributed by atoms with Crippen molar-refractivity contribution in [2.24, 2.45) is 0 Å². The topological polar surface area (TPSA) is 44.4 Å². The molecular weight excluding hydrogens is 377 g/mol. The van der Waals surface area contributed by atoms with Crippen LogP contribution < -0.4 is 15.5 Å². The lowest BCUT2D eigenvalue weighted by molar-refractivity contribution is -0.118. The molecule has 0 bridgehead atoms. The number of rotatable bonds is 2. The molecular formula is C25H42FN3O. The maximum atomic E-state index is 10.6. The van der Waals surface area contributed by atoms with Crippen LogP contribution in [0.2, 0.25) is 0 Å². The molecule has 1 aromatic rings. The van der Waals surface area contributed by atoms with Gasteiger partial charge in [-0.05, 0) is 64.1 Å². The van der Waals surface area contributed by atoms with Gasteiger partial charge in [0.1, 0.15) is 0 Å². The summed E-state index contributed by atoms with van der Waals surface area (Å²) in [5.74, 6) is -0.0252. The number of anilines is 1. The number of carbonyl (C=O) groups is 1. The van der Waals surface area contributed by atoms with E-state index in [4.69, 9.17) is 0 Å². The molecule has 0 radical (unpaired) electrons. The van der Waals surface area contributed by atoms with Crippen LogP contribution >= 0.6 is 0 Å². The average molecular weight is 420 g/mol. The molecule has 0 unspecified atom stereocenters. The van der Waals surface area contributed by atoms with Gasteiger partial charge in [-0.25, -0.2) is 0 Å². The van der Waals surface area contributed by atoms with Gasteiger partial charge < -0.3 is 15.5 Å². The van der Waals surface area contributed by atoms with Crippen LogP contribution in [0.1, 0.15) is 45.6 Å². The summed E-state index contributed by atoms with van der Waals surface area (Å²) >= 11 is 0. The fraction of sp³-hybridized carbons (Fsp3) is 0.480. The maximum Gasteiger partial charge on any atom is 0.221 e. The number of allylic oxidation sites excluding steroid dienone is 5. The molecule has 30 heavy (non-hydrogen) atoms. The van der Waals surface area contributed by atoms with Crippen molar-refractivity contribution < 1.29 is 9.18 Å². The van der Waals surface area contributed by atoms with Crippen molar-refractivity contribution in [2.45, 2.75) is 47.0 Å². The fourth-order valence-electron chi connectivity index (χ4n) is 2.68. The molecule has 3 rings (SSSR count). The summed E-state index contributed by atoms with van der Waals surface area (Å²) in [6.45, 7) is 10.1. The van der Waals surface area contributed by atoms with E-state index in [0.29, 0.717) is 7.18 Å². The van der Waals surface area contributed by atoms with Gasteiger partial charge in [-0.1, -0.05) is 50.3 Å². The standard InChI is InChI=1S/C11H15N.C9H11NO.C2H7N.C2H6.CH3F/c1-10-5-4-6-11(9-10)12-7-2-3-8-12;1-8(11)10-9-6-4-2-3-5-7-9;1-3-2;2*1-2/h4-6,9H,2-3,7-8H2,1H3;2-4,6-7H,5H2,1H3,(H,10,11);3H,1-2H3;1-2H3;1H3. The summed E-state index contributed by atoms with van der Waals surface area (Å²) in [5.41, 5.74) is 3.63. The number of hydrogen-bond acceptors (Lipinski definition) is 3. The highest BCUT2D eigenvalue weighted by atomic mass is 19.1. The van der Waals surface area contributed by atoms with Gasteiger partial charge in [-0.3, -0.25) is 9.18 Å². The lowest BCUT2D eigenvalue weighted by Gasteiger charge is -2.17. The molecule has 1 aliphatic heterocycles. The molecule has 1 amide bonds. The quantitative estimate of drug-likeness (QED) is 0.659. The van der Waals surface area contributed by atoms with Crippen molar-refractivity contribution in [3.8, 4) is 0 Å². The number of aryl methyl sites for hydroxylation is 1. The van der Waals surface area contributed by atoms with Gasteiger partial charge in [0.15, 0.2) is 0 Å². The Morgan fingerprint density at radius 2 is 1.67 bits per heavy atom. The van der Waals surface area contributed by atoms with Crippen LogP contribution in [0.5, 0.6) is 0 Å². The first-order valence-electron chi connectivity index (χ1n) is 10.7. The second-order valence-electron chi connectivity index (χ2n) is 6.40. The summed E-state index contributed by atoms with van der Waals surface area (Å²) in [6.07, 6.45) is 13.3. The average Bonchev–Trinajstić information content (AvgIpc) is 3.18. The van der Waals surface area contributed by atoms with Gasteiger partial charge in [0.25, 0.3) is 0 Å². The first-order chi connectivity index (χ1) is 14.6. The van der Waals surface area contributed by atoms with E-state index in [0.717, 1.165) is 12.1 Å². The zero-order valence-electron chi connectivity index (χ0n) is 20.0. The number of benzene rings is 1. The van der Waals surface area contributed by atoms with E-state index < -0.39 is 0 Å². The van der Waals surface area contributed by atoms with Crippen molar-refractivity contribution in [1.82, 2.24) is 10.6 Å². The summed E-state index contributed by atoms with van der Waals surface area (Å²) in [7, 11) is 4.25. The molecule has 1 saturated heterocycles. The molecule has 0 aromatic heterocycles. The number of carbonyl (C=O) groups excluding carboxylic acids is 1. The largest absolute Gasteiger partial charge is 0.372 e. The normalized spacial score (nSPS) is 13.5. The highest BCUT2D eigenvalue weighted by Crippen LogP contribution is 2.20. The molecule has 0 atom stereocenters. The first-order valence-corrected chi connectivity index (χ1v) is 10.7. The molecule has 0 spiro atoms. The lowest BCUT2D eigenvalue weighted by Crippen LogP contribution is -2.17. The van der Waals surface area contributed by atoms with E-state index in [1.807, 2.05) is 58.3 Å². The third-order valence-corrected chi connectivity index (χ3v) is 3.79. The van der Waals surface area contributed by atoms with Crippen LogP contribution in [0.3, 0.4) is 0 Å². The van der Waals surface area contributed by atoms with E-state index in [9.17, 15) is 9.18 Å². The fourth-order valence-corrected chi connectivity index (χ4v) is 2.68. The maximum absolute atomic E-state index is 10.6. The van der Waals surface area contributed by atoms with Gasteiger partial charge in [0.05, 0.1) is 7.18 Å². The van der Waals surface area contributed by atoms with Crippen molar-refractivity contribution in [1.29, 1.82) is 0 Å². The monoisotopic (exact) mass is 419 g/mol. The zero-order chi connectivity index (χ0) is 23.2. The molecule has 4 nitrogen and oxygen atoms in total. The van der Waals surface area contributed by atoms with Crippen molar-refractivity contribution in [2.75, 3.05) is 39.3 Å². The second-order valence-corrected chi connectivity index (χ2v) is 6.40. The van der Waals surface area contributed by atoms with Crippen molar-refractivity contribution >= 4 is 11.6 Å². The van der Waals surface area contributed by atoms with Crippen molar-refractivity contribution in [3.63, 3.8) is 0 Å². The molecule has 1 aliphatic carbocycles. The number of amides is 1. The minimum Gasteiger partial charge on any atom is -0.372 e. The summed E-state index contributed by atoms with van der Waals surface area (Å²) < 4.78 is 9.50. The van der Waals surface area contributed by atoms with Crippen LogP contribution in [-0.2, 0) is 4.79 Å². The molecule has 2 N–H and O–H groups in total. The minimum absolute atomic E-state index is 0.0252. The second kappa shape index (κ2) is 21.3. The van der Waals surface area contributed by atoms with Crippen LogP contribution in [-0.4, -0.2) is 40.3 Å². The van der Waals surface area contributed by atoms with E-state index in [1.165, 1.54) is 44.1 Å². The lowest BCUT2D eigenvalue weighted by atomic mass is 10.2. The van der Waals surface area contributed by atoms with Gasteiger partial charge in [-0.15, -0.1) is 0 Å². The Morgan fingerprint density at radius 3 is 2.20 bits per heavy atom. The Hall–Kier alpha value is -2.40. The molecule has 170 valence electrons. The van der Waals surface area contributed by atoms with Gasteiger partial charge in [0, 0.05) is 31.4 Å². The molecule has 1 heterocycles. The molecule has 2 aliphatic rings. The van der Waals surface area contributed by atoms with Gasteiger partial charge >= 0.3 is 0 Å². The Labute approximate surface area is 183 Å². The van der Waals surface area contributed by atoms with E-state index in [2.05, 4.69) is 46.7 Å². The number of alkyl halides is 1. The smallest absolute Gasteiger partial charge is 0.221 e. The third kappa shape index (κ3) is 15.5. The van der Waals surface area contributed by atoms with Crippen LogP contribution in [0, 0.1) is 6.92 Å². The summed E-state index contributed by atoms with van der Waals surface area (Å²) in [4.78, 5) is 13.1. The zero-order valence-corrected chi connectivity index (χ0v) is 20.0. The van der Waals surface area contributed by atoms with E-state index in [-0.39, 0.29) is 5.91 Å². The van der Waals surface area contributed by atoms with Crippen LogP contribution in [0.4, 0.5) is 10.1 Å². The predicted octanol–water partition coefficient (Wildman–Crippen LogP) is 5.57. The summed E-state index contributed by atoms with van der Waals surface area (Å²) in [5, 5.41) is 5.47. The van der Waals surface area contributed by atoms with Crippen molar-refractivity contribution in [3.05, 3.63) is 65.9 Å². The van der Waals surface area contributed by atoms with E-state index >= 15 is 0 Å². The number of nitrogens with zero attached hydrogens (tertiary/aromatic N) is 1. The summed E-state index contributed by atoms with van der Waals surface area (Å²) in [6, 6.07) is 8.77. The SMILES string of the molecule is CC.CC(=O)NC1=CCC=CC=C1.CF.CNC.Cc1cccc(N2CCCC2)c1. The van der Waals surface area contributed by atoms with Crippen LogP contribution in [0.25, 0.3) is 0 Å². The Kier molecular flexibility index (Phi) is 21.2. The number of nitrogens with one attached hydrogen (secondary N) is 2. The predicted molar refractivity (Wildman–Crippen MR) is 131 cm³/mol. The highest BCUT2D eigenvalue weighted by Gasteiger charge is 2.11. The van der Waals surface area contributed by atoms with Gasteiger partial charge in [-0.2, -0.15) is 0 Å². The highest BCUT2D eigenvalue weighted by molar-refractivity contribution is 5.75. The molecule has 1 fully saturated rings. The van der Waals surface area contributed by atoms with Gasteiger partial charge in [0.2, 0.25) is 5.91 Å². The number of hydrogen-bond donors (Lipinski definition) is 2. The molecule has 0 saturated carbocycles. The Morgan fingerprint density at radius 1 is 1.07 bits per heavy atom. The Bertz CT molecular complexity index is 633. The Balaban J connectivity index is 0. The minimum atomic E-state index is -0.0252. The first kappa shape index (κ1) is 29.8. The molecule has 1 aromatic carbocycles. The number of halogens is 1. The van der Waals surface area contributed by atoms with Crippen LogP contribution in [0.15, 0.2) is 60.3 Å². The molecule has 5 heteroatoms. The third-order valence-electron chi connectivity index (χ3n) is 3.79.